The predicted octanol–water partition coefficient (Wildman–Crippen LogP) is 1.68. The molecule has 0 unspecified atom stereocenters. The number of fused-ring (bicyclic) bond motifs is 1. The summed E-state index contributed by atoms with van der Waals surface area (Å²) in [5, 5.41) is 10.3. The first kappa shape index (κ1) is 11.7. The van der Waals surface area contributed by atoms with Gasteiger partial charge in [0.05, 0.1) is 5.52 Å². The van der Waals surface area contributed by atoms with E-state index in [4.69, 9.17) is 4.79 Å². The fourth-order valence-electron chi connectivity index (χ4n) is 1.34. The van der Waals surface area contributed by atoms with Crippen molar-refractivity contribution in [2.24, 2.45) is 5.73 Å². The third kappa shape index (κ3) is 2.36. The Morgan fingerprint density at radius 3 is 2.69 bits per heavy atom. The van der Waals surface area contributed by atoms with Gasteiger partial charge < -0.3 is 10.8 Å². The fraction of sp³-hybridized carbons (Fsp3) is 0. The SMILES string of the molecule is C=Cc1ccc(O)c2cccnc12.NC=O. The summed E-state index contributed by atoms with van der Waals surface area (Å²) in [6.07, 6.45) is 3.68. The molecule has 2 rings (SSSR count). The van der Waals surface area contributed by atoms with Crippen LogP contribution in [0.15, 0.2) is 37.0 Å². The number of amides is 1. The number of nitrogens with zero attached hydrogens (tertiary/aromatic N) is 1. The van der Waals surface area contributed by atoms with Crippen molar-refractivity contribution < 1.29 is 9.90 Å². The monoisotopic (exact) mass is 216 g/mol. The van der Waals surface area contributed by atoms with Crippen molar-refractivity contribution in [3.63, 3.8) is 0 Å². The minimum absolute atomic E-state index is 0.250. The van der Waals surface area contributed by atoms with Gasteiger partial charge in [0.1, 0.15) is 5.75 Å². The molecule has 0 aliphatic carbocycles. The van der Waals surface area contributed by atoms with Crippen molar-refractivity contribution >= 4 is 23.4 Å². The van der Waals surface area contributed by atoms with Crippen LogP contribution in [-0.4, -0.2) is 16.5 Å². The van der Waals surface area contributed by atoms with Crippen LogP contribution >= 0.6 is 0 Å². The molecule has 1 amide bonds. The third-order valence-corrected chi connectivity index (χ3v) is 2.00. The van der Waals surface area contributed by atoms with Crippen LogP contribution in [-0.2, 0) is 4.79 Å². The molecule has 0 aliphatic heterocycles. The number of aromatic nitrogens is 1. The lowest BCUT2D eigenvalue weighted by Gasteiger charge is -2.02. The molecule has 0 radical (unpaired) electrons. The van der Waals surface area contributed by atoms with Crippen LogP contribution in [0.25, 0.3) is 17.0 Å². The van der Waals surface area contributed by atoms with Crippen molar-refractivity contribution in [3.05, 3.63) is 42.6 Å². The van der Waals surface area contributed by atoms with Crippen LogP contribution in [0.2, 0.25) is 0 Å². The van der Waals surface area contributed by atoms with E-state index in [1.54, 1.807) is 30.5 Å². The first-order valence-corrected chi connectivity index (χ1v) is 4.59. The van der Waals surface area contributed by atoms with Crippen molar-refractivity contribution in [2.45, 2.75) is 0 Å². The Balaban J connectivity index is 0.000000386. The number of pyridine rings is 1. The zero-order valence-corrected chi connectivity index (χ0v) is 8.63. The summed E-state index contributed by atoms with van der Waals surface area (Å²) in [6, 6.07) is 7.10. The summed E-state index contributed by atoms with van der Waals surface area (Å²) in [4.78, 5) is 12.8. The number of phenolic OH excluding ortho intramolecular Hbond substituents is 1. The standard InChI is InChI=1S/C11H9NO.CH3NO/c1-2-8-5-6-10(13)9-4-3-7-12-11(8)9;2-1-3/h2-7,13H,1H2;1H,(H2,2,3). The van der Waals surface area contributed by atoms with Crippen molar-refractivity contribution in [3.8, 4) is 5.75 Å². The molecule has 2 aromatic rings. The number of aromatic hydroxyl groups is 1. The average molecular weight is 216 g/mol. The highest BCUT2D eigenvalue weighted by Crippen LogP contribution is 2.25. The van der Waals surface area contributed by atoms with Gasteiger partial charge >= 0.3 is 0 Å². The maximum absolute atomic E-state index is 9.52. The topological polar surface area (TPSA) is 76.2 Å². The maximum atomic E-state index is 9.52. The summed E-state index contributed by atoms with van der Waals surface area (Å²) < 4.78 is 0. The number of phenols is 1. The Kier molecular flexibility index (Phi) is 4.03. The Morgan fingerprint density at radius 1 is 1.38 bits per heavy atom. The van der Waals surface area contributed by atoms with E-state index in [2.05, 4.69) is 17.3 Å². The van der Waals surface area contributed by atoms with Gasteiger partial charge in [0, 0.05) is 17.1 Å². The second kappa shape index (κ2) is 5.50. The molecule has 82 valence electrons. The number of benzene rings is 1. The van der Waals surface area contributed by atoms with Crippen LogP contribution in [0, 0.1) is 0 Å². The van der Waals surface area contributed by atoms with Gasteiger partial charge in [0.15, 0.2) is 0 Å². The van der Waals surface area contributed by atoms with Gasteiger partial charge in [-0.1, -0.05) is 12.7 Å². The number of hydrogen-bond acceptors (Lipinski definition) is 3. The zero-order valence-electron chi connectivity index (χ0n) is 8.63. The highest BCUT2D eigenvalue weighted by Gasteiger charge is 2.02. The minimum Gasteiger partial charge on any atom is -0.507 e. The fourth-order valence-corrected chi connectivity index (χ4v) is 1.34. The maximum Gasteiger partial charge on any atom is 0.204 e. The first-order valence-electron chi connectivity index (χ1n) is 4.59. The molecule has 1 aromatic carbocycles. The summed E-state index contributed by atoms with van der Waals surface area (Å²) in [7, 11) is 0. The molecule has 0 bridgehead atoms. The molecule has 0 fully saturated rings. The molecular weight excluding hydrogens is 204 g/mol. The average Bonchev–Trinajstić information content (AvgIpc) is 2.31. The molecule has 0 saturated heterocycles. The van der Waals surface area contributed by atoms with E-state index in [0.717, 1.165) is 16.5 Å². The largest absolute Gasteiger partial charge is 0.507 e. The van der Waals surface area contributed by atoms with Gasteiger partial charge in [-0.05, 0) is 24.3 Å². The van der Waals surface area contributed by atoms with E-state index in [-0.39, 0.29) is 12.2 Å². The van der Waals surface area contributed by atoms with Crippen LogP contribution in [0.4, 0.5) is 0 Å². The van der Waals surface area contributed by atoms with E-state index in [0.29, 0.717) is 0 Å². The highest BCUT2D eigenvalue weighted by atomic mass is 16.3. The molecule has 4 nitrogen and oxygen atoms in total. The van der Waals surface area contributed by atoms with Crippen molar-refractivity contribution in [1.29, 1.82) is 0 Å². The Bertz CT molecular complexity index is 509. The molecular formula is C12H12N2O2. The number of hydrogen-bond donors (Lipinski definition) is 2. The Hall–Kier alpha value is -2.36. The van der Waals surface area contributed by atoms with Crippen LogP contribution in [0.3, 0.4) is 0 Å². The molecule has 0 spiro atoms. The van der Waals surface area contributed by atoms with E-state index in [1.165, 1.54) is 0 Å². The smallest absolute Gasteiger partial charge is 0.204 e. The molecule has 16 heavy (non-hydrogen) atoms. The van der Waals surface area contributed by atoms with Gasteiger partial charge in [0.25, 0.3) is 0 Å². The summed E-state index contributed by atoms with van der Waals surface area (Å²) >= 11 is 0. The molecule has 4 heteroatoms. The lowest BCUT2D eigenvalue weighted by Crippen LogP contribution is -1.82. The van der Waals surface area contributed by atoms with Crippen LogP contribution in [0.5, 0.6) is 5.75 Å². The minimum atomic E-state index is 0.250. The molecule has 3 N–H and O–H groups in total. The normalized spacial score (nSPS) is 9.00. The summed E-state index contributed by atoms with van der Waals surface area (Å²) in [5.41, 5.74) is 5.89. The molecule has 0 saturated carbocycles. The quantitative estimate of drug-likeness (QED) is 0.712. The summed E-state index contributed by atoms with van der Waals surface area (Å²) in [5.74, 6) is 0.258. The lowest BCUT2D eigenvalue weighted by atomic mass is 10.1. The van der Waals surface area contributed by atoms with Gasteiger partial charge in [-0.3, -0.25) is 9.78 Å². The van der Waals surface area contributed by atoms with E-state index >= 15 is 0 Å². The Morgan fingerprint density at radius 2 is 2.06 bits per heavy atom. The summed E-state index contributed by atoms with van der Waals surface area (Å²) in [6.45, 7) is 3.69. The van der Waals surface area contributed by atoms with E-state index < -0.39 is 0 Å². The highest BCUT2D eigenvalue weighted by molar-refractivity contribution is 5.91. The number of nitrogens with two attached hydrogens (primary N) is 1. The van der Waals surface area contributed by atoms with Gasteiger partial charge in [-0.2, -0.15) is 0 Å². The number of carbonyl (C=O) groups is 1. The van der Waals surface area contributed by atoms with Crippen molar-refractivity contribution in [2.75, 3.05) is 0 Å². The van der Waals surface area contributed by atoms with E-state index in [9.17, 15) is 5.11 Å². The second-order valence-corrected chi connectivity index (χ2v) is 2.91. The molecule has 0 atom stereocenters. The molecule has 1 aromatic heterocycles. The van der Waals surface area contributed by atoms with E-state index in [1.807, 2.05) is 6.07 Å². The molecule has 0 aliphatic rings. The van der Waals surface area contributed by atoms with Crippen molar-refractivity contribution in [1.82, 2.24) is 4.98 Å². The van der Waals surface area contributed by atoms with Gasteiger partial charge in [-0.25, -0.2) is 0 Å². The first-order chi connectivity index (χ1) is 7.74. The van der Waals surface area contributed by atoms with Crippen LogP contribution in [0.1, 0.15) is 5.56 Å². The zero-order chi connectivity index (χ0) is 12.0. The van der Waals surface area contributed by atoms with Crippen LogP contribution < -0.4 is 5.73 Å². The second-order valence-electron chi connectivity index (χ2n) is 2.91. The third-order valence-electron chi connectivity index (χ3n) is 2.00. The Labute approximate surface area is 93.0 Å². The predicted molar refractivity (Wildman–Crippen MR) is 63.8 cm³/mol. The number of primary amides is 1. The number of carbonyl (C=O) groups excluding carboxylic acids is 1. The molecule has 1 heterocycles. The van der Waals surface area contributed by atoms with Gasteiger partial charge in [0.2, 0.25) is 6.41 Å². The van der Waals surface area contributed by atoms with Gasteiger partial charge in [-0.15, -0.1) is 0 Å². The number of rotatable bonds is 1. The lowest BCUT2D eigenvalue weighted by molar-refractivity contribution is -0.106.